The van der Waals surface area contributed by atoms with E-state index in [4.69, 9.17) is 0 Å². The molecule has 2 amide bonds. The quantitative estimate of drug-likeness (QED) is 0.872. The highest BCUT2D eigenvalue weighted by Crippen LogP contribution is 2.24. The number of carbonyl (C=O) groups excluding carboxylic acids is 2. The largest absolute Gasteiger partial charge is 0.345 e. The van der Waals surface area contributed by atoms with Crippen molar-refractivity contribution in [3.05, 3.63) is 51.7 Å². The van der Waals surface area contributed by atoms with Crippen molar-refractivity contribution in [1.82, 2.24) is 4.90 Å². The SMILES string of the molecule is C[C@@H]1c2ccsc2CC[NH+]1CC(=O)Nc1ccc(C(=O)N(C)C)cc1. The number of thiophene rings is 1. The molecule has 1 aliphatic rings. The molecule has 25 heavy (non-hydrogen) atoms. The van der Waals surface area contributed by atoms with Gasteiger partial charge in [0.05, 0.1) is 6.54 Å². The lowest BCUT2D eigenvalue weighted by atomic mass is 10.0. The van der Waals surface area contributed by atoms with E-state index < -0.39 is 0 Å². The molecule has 2 heterocycles. The second kappa shape index (κ2) is 7.37. The molecule has 0 spiro atoms. The molecule has 5 nitrogen and oxygen atoms in total. The summed E-state index contributed by atoms with van der Waals surface area (Å²) in [5.74, 6) is -0.0387. The van der Waals surface area contributed by atoms with Gasteiger partial charge in [0.2, 0.25) is 0 Å². The Morgan fingerprint density at radius 1 is 1.24 bits per heavy atom. The Morgan fingerprint density at radius 3 is 2.64 bits per heavy atom. The zero-order valence-corrected chi connectivity index (χ0v) is 15.7. The van der Waals surface area contributed by atoms with Gasteiger partial charge in [-0.25, -0.2) is 0 Å². The van der Waals surface area contributed by atoms with Crippen LogP contribution in [0.15, 0.2) is 35.7 Å². The van der Waals surface area contributed by atoms with E-state index in [9.17, 15) is 9.59 Å². The number of benzene rings is 1. The minimum Gasteiger partial charge on any atom is -0.345 e. The zero-order chi connectivity index (χ0) is 18.0. The summed E-state index contributed by atoms with van der Waals surface area (Å²) in [7, 11) is 3.44. The molecule has 0 saturated heterocycles. The van der Waals surface area contributed by atoms with Gasteiger partial charge >= 0.3 is 0 Å². The molecule has 0 fully saturated rings. The molecule has 1 unspecified atom stereocenters. The molecule has 0 radical (unpaired) electrons. The number of amides is 2. The minimum absolute atomic E-state index is 0.00668. The third-order valence-corrected chi connectivity index (χ3v) is 5.74. The monoisotopic (exact) mass is 358 g/mol. The molecule has 132 valence electrons. The summed E-state index contributed by atoms with van der Waals surface area (Å²) >= 11 is 1.81. The Bertz CT molecular complexity index is 767. The number of hydrogen-bond acceptors (Lipinski definition) is 3. The summed E-state index contributed by atoms with van der Waals surface area (Å²) in [4.78, 5) is 28.6. The molecule has 3 rings (SSSR count). The number of carbonyl (C=O) groups is 2. The topological polar surface area (TPSA) is 53.9 Å². The van der Waals surface area contributed by atoms with Crippen LogP contribution in [0.1, 0.15) is 33.8 Å². The summed E-state index contributed by atoms with van der Waals surface area (Å²) in [5, 5.41) is 5.08. The maximum Gasteiger partial charge on any atom is 0.279 e. The average Bonchev–Trinajstić information content (AvgIpc) is 3.07. The van der Waals surface area contributed by atoms with Gasteiger partial charge in [0.1, 0.15) is 6.04 Å². The van der Waals surface area contributed by atoms with E-state index in [0.717, 1.165) is 18.7 Å². The van der Waals surface area contributed by atoms with Crippen molar-refractivity contribution in [2.75, 3.05) is 32.5 Å². The first-order valence-electron chi connectivity index (χ1n) is 8.48. The average molecular weight is 358 g/mol. The minimum atomic E-state index is -0.0453. The zero-order valence-electron chi connectivity index (χ0n) is 14.8. The first kappa shape index (κ1) is 17.6. The molecule has 1 aromatic heterocycles. The van der Waals surface area contributed by atoms with E-state index in [2.05, 4.69) is 23.7 Å². The van der Waals surface area contributed by atoms with Crippen LogP contribution in [0.3, 0.4) is 0 Å². The highest BCUT2D eigenvalue weighted by molar-refractivity contribution is 7.10. The predicted octanol–water partition coefficient (Wildman–Crippen LogP) is 1.59. The van der Waals surface area contributed by atoms with Crippen LogP contribution in [-0.4, -0.2) is 43.9 Å². The fraction of sp³-hybridized carbons (Fsp3) is 0.368. The number of nitrogens with one attached hydrogen (secondary N) is 2. The van der Waals surface area contributed by atoms with E-state index >= 15 is 0 Å². The molecule has 2 N–H and O–H groups in total. The van der Waals surface area contributed by atoms with Gasteiger partial charge < -0.3 is 15.1 Å². The first-order chi connectivity index (χ1) is 12.0. The summed E-state index contributed by atoms with van der Waals surface area (Å²) in [6.45, 7) is 3.63. The summed E-state index contributed by atoms with van der Waals surface area (Å²) in [6, 6.07) is 9.57. The van der Waals surface area contributed by atoms with Gasteiger partial charge in [-0.2, -0.15) is 0 Å². The van der Waals surface area contributed by atoms with E-state index in [1.807, 2.05) is 11.3 Å². The van der Waals surface area contributed by atoms with Crippen LogP contribution in [0.2, 0.25) is 0 Å². The number of anilines is 1. The molecule has 2 aromatic rings. The lowest BCUT2D eigenvalue weighted by molar-refractivity contribution is -0.923. The maximum absolute atomic E-state index is 12.4. The Labute approximate surface area is 152 Å². The van der Waals surface area contributed by atoms with Crippen molar-refractivity contribution < 1.29 is 14.5 Å². The van der Waals surface area contributed by atoms with Crippen LogP contribution < -0.4 is 10.2 Å². The molecule has 6 heteroatoms. The molecule has 0 bridgehead atoms. The normalized spacial score (nSPS) is 19.2. The Morgan fingerprint density at radius 2 is 1.96 bits per heavy atom. The number of quaternary nitrogens is 1. The first-order valence-corrected chi connectivity index (χ1v) is 9.36. The molecule has 0 saturated carbocycles. The van der Waals surface area contributed by atoms with Crippen molar-refractivity contribution in [1.29, 1.82) is 0 Å². The Kier molecular flexibility index (Phi) is 5.20. The van der Waals surface area contributed by atoms with Crippen LogP contribution in [0.5, 0.6) is 0 Å². The smallest absolute Gasteiger partial charge is 0.279 e. The fourth-order valence-corrected chi connectivity index (χ4v) is 4.24. The third kappa shape index (κ3) is 3.91. The van der Waals surface area contributed by atoms with Gasteiger partial charge in [0.15, 0.2) is 6.54 Å². The molecular formula is C19H24N3O2S+. The van der Waals surface area contributed by atoms with Gasteiger partial charge in [0.25, 0.3) is 11.8 Å². The highest BCUT2D eigenvalue weighted by atomic mass is 32.1. The standard InChI is InChI=1S/C19H23N3O2S/c1-13-16-9-11-25-17(16)8-10-22(13)12-18(23)20-15-6-4-14(5-7-15)19(24)21(2)3/h4-7,9,11,13H,8,10,12H2,1-3H3,(H,20,23)/p+1/t13-/m1/s1. The number of nitrogens with zero attached hydrogens (tertiary/aromatic N) is 1. The molecule has 1 aliphatic heterocycles. The van der Waals surface area contributed by atoms with Crippen molar-refractivity contribution in [3.8, 4) is 0 Å². The predicted molar refractivity (Wildman–Crippen MR) is 100 cm³/mol. The Balaban J connectivity index is 1.59. The van der Waals surface area contributed by atoms with Crippen molar-refractivity contribution in [2.24, 2.45) is 0 Å². The van der Waals surface area contributed by atoms with Crippen molar-refractivity contribution in [3.63, 3.8) is 0 Å². The lowest BCUT2D eigenvalue weighted by Crippen LogP contribution is -3.14. The third-order valence-electron chi connectivity index (χ3n) is 4.74. The summed E-state index contributed by atoms with van der Waals surface area (Å²) < 4.78 is 0. The number of hydrogen-bond donors (Lipinski definition) is 2. The highest BCUT2D eigenvalue weighted by Gasteiger charge is 2.29. The molecular weight excluding hydrogens is 334 g/mol. The van der Waals surface area contributed by atoms with E-state index in [1.165, 1.54) is 20.2 Å². The lowest BCUT2D eigenvalue weighted by Gasteiger charge is -2.29. The van der Waals surface area contributed by atoms with E-state index in [1.54, 1.807) is 38.4 Å². The number of fused-ring (bicyclic) bond motifs is 1. The fourth-order valence-electron chi connectivity index (χ4n) is 3.26. The van der Waals surface area contributed by atoms with Crippen LogP contribution in [0, 0.1) is 0 Å². The van der Waals surface area contributed by atoms with Crippen molar-refractivity contribution >= 4 is 28.8 Å². The number of rotatable bonds is 4. The molecule has 1 aromatic carbocycles. The second-order valence-corrected chi connectivity index (χ2v) is 7.68. The molecule has 0 aliphatic carbocycles. The molecule has 2 atom stereocenters. The van der Waals surface area contributed by atoms with Gasteiger partial charge in [-0.1, -0.05) is 0 Å². The summed E-state index contributed by atoms with van der Waals surface area (Å²) in [5.41, 5.74) is 2.72. The van der Waals surface area contributed by atoms with E-state index in [0.29, 0.717) is 18.2 Å². The van der Waals surface area contributed by atoms with Crippen LogP contribution in [0.25, 0.3) is 0 Å². The maximum atomic E-state index is 12.4. The van der Waals surface area contributed by atoms with Crippen LogP contribution in [0.4, 0.5) is 5.69 Å². The van der Waals surface area contributed by atoms with Gasteiger partial charge in [-0.05, 0) is 42.6 Å². The summed E-state index contributed by atoms with van der Waals surface area (Å²) in [6.07, 6.45) is 1.04. The van der Waals surface area contributed by atoms with Crippen LogP contribution >= 0.6 is 11.3 Å². The second-order valence-electron chi connectivity index (χ2n) is 6.68. The van der Waals surface area contributed by atoms with E-state index in [-0.39, 0.29) is 11.8 Å². The van der Waals surface area contributed by atoms with Gasteiger partial charge in [-0.3, -0.25) is 9.59 Å². The van der Waals surface area contributed by atoms with Crippen molar-refractivity contribution in [2.45, 2.75) is 19.4 Å². The van der Waals surface area contributed by atoms with Crippen LogP contribution in [-0.2, 0) is 11.2 Å². The Hall–Kier alpha value is -2.18. The van der Waals surface area contributed by atoms with Gasteiger partial charge in [-0.15, -0.1) is 11.3 Å². The van der Waals surface area contributed by atoms with Gasteiger partial charge in [0, 0.05) is 42.2 Å².